The van der Waals surface area contributed by atoms with Gasteiger partial charge in [0.2, 0.25) is 5.91 Å². The van der Waals surface area contributed by atoms with E-state index in [1.165, 1.54) is 19.3 Å². The summed E-state index contributed by atoms with van der Waals surface area (Å²) in [7, 11) is 0. The number of carbonyl (C=O) groups excluding carboxylic acids is 3. The fourth-order valence-corrected chi connectivity index (χ4v) is 6.76. The Bertz CT molecular complexity index is 1010. The Kier molecular flexibility index (Phi) is 6.25. The number of benzene rings is 1. The molecule has 194 valence electrons. The number of rotatable bonds is 5. The van der Waals surface area contributed by atoms with Crippen LogP contribution in [0.5, 0.6) is 0 Å². The number of hydrogen-bond donors (Lipinski definition) is 2. The van der Waals surface area contributed by atoms with Gasteiger partial charge in [-0.2, -0.15) is 0 Å². The van der Waals surface area contributed by atoms with Crippen molar-refractivity contribution in [1.29, 1.82) is 0 Å². The predicted molar refractivity (Wildman–Crippen MR) is 135 cm³/mol. The second-order valence-corrected chi connectivity index (χ2v) is 11.2. The molecule has 9 heteroatoms. The number of nitrogens with zero attached hydrogens (tertiary/aromatic N) is 3. The Labute approximate surface area is 212 Å². The van der Waals surface area contributed by atoms with E-state index in [4.69, 9.17) is 10.5 Å². The van der Waals surface area contributed by atoms with Crippen molar-refractivity contribution >= 4 is 23.3 Å². The lowest BCUT2D eigenvalue weighted by Gasteiger charge is -2.43. The lowest BCUT2D eigenvalue weighted by atomic mass is 9.91. The van der Waals surface area contributed by atoms with E-state index in [1.54, 1.807) is 4.90 Å². The molecule has 2 saturated carbocycles. The van der Waals surface area contributed by atoms with E-state index in [1.807, 2.05) is 24.3 Å². The fourth-order valence-electron chi connectivity index (χ4n) is 6.76. The Morgan fingerprint density at radius 2 is 1.69 bits per heavy atom. The highest BCUT2D eigenvalue weighted by Gasteiger charge is 2.55. The van der Waals surface area contributed by atoms with Crippen molar-refractivity contribution in [3.63, 3.8) is 0 Å². The van der Waals surface area contributed by atoms with Gasteiger partial charge >= 0.3 is 0 Å². The van der Waals surface area contributed by atoms with E-state index in [0.29, 0.717) is 18.4 Å². The van der Waals surface area contributed by atoms with E-state index in [9.17, 15) is 14.4 Å². The Balaban J connectivity index is 1.12. The number of nitrogens with one attached hydrogen (secondary N) is 1. The molecular weight excluding hydrogens is 458 g/mol. The maximum atomic E-state index is 13.8. The van der Waals surface area contributed by atoms with Gasteiger partial charge in [-0.05, 0) is 49.9 Å². The quantitative estimate of drug-likeness (QED) is 0.625. The minimum atomic E-state index is -0.995. The van der Waals surface area contributed by atoms with Crippen LogP contribution in [0.3, 0.4) is 0 Å². The van der Waals surface area contributed by atoms with Crippen molar-refractivity contribution in [1.82, 2.24) is 15.1 Å². The molecule has 3 atom stereocenters. The average Bonchev–Trinajstić information content (AvgIpc) is 3.57. The third kappa shape index (κ3) is 4.11. The van der Waals surface area contributed by atoms with Crippen molar-refractivity contribution in [3.8, 4) is 0 Å². The van der Waals surface area contributed by atoms with E-state index < -0.39 is 17.7 Å². The van der Waals surface area contributed by atoms with Gasteiger partial charge < -0.3 is 25.6 Å². The molecule has 0 radical (unpaired) electrons. The number of likely N-dealkylation sites (tertiary alicyclic amines) is 1. The number of anilines is 1. The van der Waals surface area contributed by atoms with Crippen LogP contribution in [0.2, 0.25) is 0 Å². The van der Waals surface area contributed by atoms with Gasteiger partial charge in [0.1, 0.15) is 24.3 Å². The molecule has 0 bridgehead atoms. The molecule has 9 nitrogen and oxygen atoms in total. The average molecular weight is 496 g/mol. The zero-order valence-corrected chi connectivity index (χ0v) is 20.9. The molecule has 5 aliphatic rings. The molecule has 0 spiro atoms. The summed E-state index contributed by atoms with van der Waals surface area (Å²) in [5.41, 5.74) is 6.86. The standard InChI is InChI=1S/C27H37N5O4/c28-21-16-32(23-22(33)17-36-24(21)23)26(35)27(10-1-2-11-27)29-25(34)18-6-8-20(9-7-18)31-14-12-30(13-15-31)19-4-3-5-19/h6-9,19,21,23-24H,1-5,10-17,28H2,(H,29,34)/t21-,23-,24-/m1/s1. The lowest BCUT2D eigenvalue weighted by Crippen LogP contribution is -2.60. The van der Waals surface area contributed by atoms with Gasteiger partial charge in [0.15, 0.2) is 5.78 Å². The number of amides is 2. The molecule has 1 aromatic carbocycles. The van der Waals surface area contributed by atoms with E-state index in [0.717, 1.165) is 50.7 Å². The maximum absolute atomic E-state index is 13.8. The van der Waals surface area contributed by atoms with Crippen LogP contribution in [0.15, 0.2) is 24.3 Å². The van der Waals surface area contributed by atoms with E-state index in [2.05, 4.69) is 15.1 Å². The highest BCUT2D eigenvalue weighted by atomic mass is 16.5. The minimum absolute atomic E-state index is 0.00580. The molecule has 1 aromatic rings. The summed E-state index contributed by atoms with van der Waals surface area (Å²) in [6, 6.07) is 7.49. The topological polar surface area (TPSA) is 108 Å². The van der Waals surface area contributed by atoms with Crippen molar-refractivity contribution < 1.29 is 19.1 Å². The number of fused-ring (bicyclic) bond motifs is 1. The second kappa shape index (κ2) is 9.43. The zero-order chi connectivity index (χ0) is 24.9. The van der Waals surface area contributed by atoms with Crippen LogP contribution in [-0.4, -0.2) is 96.5 Å². The van der Waals surface area contributed by atoms with Gasteiger partial charge in [0, 0.05) is 50.0 Å². The third-order valence-corrected chi connectivity index (χ3v) is 9.10. The van der Waals surface area contributed by atoms with Crippen LogP contribution in [0.25, 0.3) is 0 Å². The first-order valence-corrected chi connectivity index (χ1v) is 13.6. The van der Waals surface area contributed by atoms with Gasteiger partial charge in [-0.25, -0.2) is 0 Å². The van der Waals surface area contributed by atoms with Crippen molar-refractivity contribution in [2.24, 2.45) is 5.73 Å². The fraction of sp³-hybridized carbons (Fsp3) is 0.667. The molecule has 0 aromatic heterocycles. The summed E-state index contributed by atoms with van der Waals surface area (Å²) < 4.78 is 5.55. The zero-order valence-electron chi connectivity index (χ0n) is 20.9. The number of ether oxygens (including phenoxy) is 1. The minimum Gasteiger partial charge on any atom is -0.369 e. The number of ketones is 1. The van der Waals surface area contributed by atoms with Crippen LogP contribution in [0, 0.1) is 0 Å². The largest absolute Gasteiger partial charge is 0.369 e. The van der Waals surface area contributed by atoms with E-state index >= 15 is 0 Å². The van der Waals surface area contributed by atoms with Crippen LogP contribution < -0.4 is 16.0 Å². The Morgan fingerprint density at radius 1 is 1.00 bits per heavy atom. The number of nitrogens with two attached hydrogens (primary N) is 1. The normalized spacial score (nSPS) is 30.4. The molecule has 3 saturated heterocycles. The van der Waals surface area contributed by atoms with Crippen LogP contribution in [0.1, 0.15) is 55.3 Å². The second-order valence-electron chi connectivity index (χ2n) is 11.2. The van der Waals surface area contributed by atoms with Gasteiger partial charge in [-0.15, -0.1) is 0 Å². The number of Topliss-reactive ketones (excluding diaryl/α,β-unsaturated/α-hetero) is 1. The summed E-state index contributed by atoms with van der Waals surface area (Å²) in [5.74, 6) is -0.554. The Morgan fingerprint density at radius 3 is 2.33 bits per heavy atom. The number of carbonyl (C=O) groups is 3. The highest BCUT2D eigenvalue weighted by molar-refractivity contribution is 6.01. The van der Waals surface area contributed by atoms with Crippen LogP contribution in [0.4, 0.5) is 5.69 Å². The van der Waals surface area contributed by atoms with Gasteiger partial charge in [0.25, 0.3) is 5.91 Å². The Hall–Kier alpha value is -2.49. The molecule has 5 fully saturated rings. The summed E-state index contributed by atoms with van der Waals surface area (Å²) in [6.45, 7) is 4.46. The first kappa shape index (κ1) is 23.9. The third-order valence-electron chi connectivity index (χ3n) is 9.10. The molecule has 3 aliphatic heterocycles. The first-order valence-electron chi connectivity index (χ1n) is 13.6. The smallest absolute Gasteiger partial charge is 0.252 e. The molecule has 3 heterocycles. The van der Waals surface area contributed by atoms with Crippen molar-refractivity contribution in [2.75, 3.05) is 44.2 Å². The summed E-state index contributed by atoms with van der Waals surface area (Å²) >= 11 is 0. The molecule has 6 rings (SSSR count). The van der Waals surface area contributed by atoms with Crippen LogP contribution in [-0.2, 0) is 14.3 Å². The number of hydrogen-bond acceptors (Lipinski definition) is 7. The SMILES string of the molecule is N[C@@H]1CN(C(=O)C2(NC(=O)c3ccc(N4CCN(C5CCC5)CC4)cc3)CCCC2)[C@@H]2C(=O)CO[C@H]12. The molecule has 2 aliphatic carbocycles. The monoisotopic (exact) mass is 495 g/mol. The molecular formula is C27H37N5O4. The number of piperazine rings is 1. The lowest BCUT2D eigenvalue weighted by molar-refractivity contribution is -0.142. The summed E-state index contributed by atoms with van der Waals surface area (Å²) in [4.78, 5) is 46.1. The molecule has 0 unspecified atom stereocenters. The van der Waals surface area contributed by atoms with Crippen molar-refractivity contribution in [2.45, 2.75) is 74.7 Å². The first-order chi connectivity index (χ1) is 17.4. The van der Waals surface area contributed by atoms with Gasteiger partial charge in [-0.3, -0.25) is 19.3 Å². The maximum Gasteiger partial charge on any atom is 0.252 e. The summed E-state index contributed by atoms with van der Waals surface area (Å²) in [6.07, 6.45) is 6.44. The van der Waals surface area contributed by atoms with Crippen LogP contribution >= 0.6 is 0 Å². The van der Waals surface area contributed by atoms with Gasteiger partial charge in [0.05, 0.1) is 6.04 Å². The molecule has 2 amide bonds. The summed E-state index contributed by atoms with van der Waals surface area (Å²) in [5, 5.41) is 3.08. The van der Waals surface area contributed by atoms with E-state index in [-0.39, 0.29) is 36.8 Å². The molecule has 36 heavy (non-hydrogen) atoms. The van der Waals surface area contributed by atoms with Gasteiger partial charge in [-0.1, -0.05) is 19.3 Å². The highest BCUT2D eigenvalue weighted by Crippen LogP contribution is 2.36. The van der Waals surface area contributed by atoms with Crippen molar-refractivity contribution in [3.05, 3.63) is 29.8 Å². The predicted octanol–water partition coefficient (Wildman–Crippen LogP) is 0.910. The molecule has 3 N–H and O–H groups in total.